The van der Waals surface area contributed by atoms with E-state index in [2.05, 4.69) is 5.32 Å². The normalized spacial score (nSPS) is 21.6. The zero-order valence-corrected chi connectivity index (χ0v) is 19.1. The zero-order chi connectivity index (χ0) is 23.9. The lowest BCUT2D eigenvalue weighted by Gasteiger charge is -2.54. The van der Waals surface area contributed by atoms with Crippen LogP contribution in [-0.4, -0.2) is 53.2 Å². The van der Waals surface area contributed by atoms with Gasteiger partial charge in [0.2, 0.25) is 5.43 Å². The molecular formula is C23H25ClFN3O5. The van der Waals surface area contributed by atoms with Gasteiger partial charge >= 0.3 is 0 Å². The summed E-state index contributed by atoms with van der Waals surface area (Å²) in [5.74, 6) is -2.43. The predicted molar refractivity (Wildman–Crippen MR) is 119 cm³/mol. The zero-order valence-electron chi connectivity index (χ0n) is 18.4. The minimum Gasteiger partial charge on any atom is -0.503 e. The second-order valence-corrected chi connectivity index (χ2v) is 9.06. The number of carbonyl (C=O) groups excluding carboxylic acids is 2. The summed E-state index contributed by atoms with van der Waals surface area (Å²) in [5, 5.41) is 13.0. The number of nitrogens with zero attached hydrogens (tertiary/aromatic N) is 2. The van der Waals surface area contributed by atoms with Crippen molar-refractivity contribution in [3.63, 3.8) is 0 Å². The van der Waals surface area contributed by atoms with Crippen molar-refractivity contribution >= 4 is 23.4 Å². The van der Waals surface area contributed by atoms with Gasteiger partial charge in [0.25, 0.3) is 11.8 Å². The molecule has 0 bridgehead atoms. The third-order valence-corrected chi connectivity index (χ3v) is 6.68. The van der Waals surface area contributed by atoms with Crippen LogP contribution in [0.1, 0.15) is 46.2 Å². The van der Waals surface area contributed by atoms with E-state index in [-0.39, 0.29) is 34.3 Å². The highest BCUT2D eigenvalue weighted by Gasteiger charge is 2.51. The third-order valence-electron chi connectivity index (χ3n) is 6.39. The fourth-order valence-electron chi connectivity index (χ4n) is 4.81. The number of ether oxygens (including phenoxy) is 1. The Labute approximate surface area is 194 Å². The summed E-state index contributed by atoms with van der Waals surface area (Å²) in [5.41, 5.74) is -1.78. The lowest BCUT2D eigenvalue weighted by molar-refractivity contribution is -0.0265. The lowest BCUT2D eigenvalue weighted by atomic mass is 9.67. The van der Waals surface area contributed by atoms with Crippen molar-refractivity contribution < 1.29 is 23.8 Å². The van der Waals surface area contributed by atoms with Crippen molar-refractivity contribution in [2.75, 3.05) is 26.8 Å². The number of amides is 2. The highest BCUT2D eigenvalue weighted by molar-refractivity contribution is 6.30. The molecule has 1 aliphatic carbocycles. The molecule has 1 spiro atoms. The van der Waals surface area contributed by atoms with E-state index in [0.717, 1.165) is 0 Å². The largest absolute Gasteiger partial charge is 0.503 e. The highest BCUT2D eigenvalue weighted by Crippen LogP contribution is 2.48. The first-order valence-electron chi connectivity index (χ1n) is 10.7. The first-order valence-corrected chi connectivity index (χ1v) is 11.1. The van der Waals surface area contributed by atoms with Crippen LogP contribution >= 0.6 is 11.6 Å². The SMILES string of the molecule is CCOC[C@H]1C[C@]2(CN(C)C(=O)c3c(O)c(=O)c(C(=O)NCc4cccc(Cl)c4F)cn32)C1. The van der Waals surface area contributed by atoms with Crippen molar-refractivity contribution in [1.29, 1.82) is 0 Å². The number of rotatable bonds is 6. The molecule has 10 heteroatoms. The highest BCUT2D eigenvalue weighted by atomic mass is 35.5. The number of pyridine rings is 1. The molecule has 1 aromatic heterocycles. The number of halogens is 2. The fraction of sp³-hybridized carbons (Fsp3) is 0.435. The Hall–Kier alpha value is -2.91. The summed E-state index contributed by atoms with van der Waals surface area (Å²) in [6.45, 7) is 3.29. The minimum atomic E-state index is -0.950. The van der Waals surface area contributed by atoms with E-state index in [0.29, 0.717) is 32.6 Å². The Balaban J connectivity index is 1.66. The number of benzene rings is 1. The van der Waals surface area contributed by atoms with E-state index in [1.54, 1.807) is 17.7 Å². The van der Waals surface area contributed by atoms with E-state index < -0.39 is 34.3 Å². The molecular weight excluding hydrogens is 453 g/mol. The number of hydrogen-bond donors (Lipinski definition) is 2. The van der Waals surface area contributed by atoms with Gasteiger partial charge in [0.1, 0.15) is 11.4 Å². The Kier molecular flexibility index (Phi) is 6.20. The van der Waals surface area contributed by atoms with Gasteiger partial charge in [-0.25, -0.2) is 4.39 Å². The summed E-state index contributed by atoms with van der Waals surface area (Å²) in [4.78, 5) is 39.9. The van der Waals surface area contributed by atoms with Gasteiger partial charge in [0.05, 0.1) is 10.6 Å². The molecule has 2 amide bonds. The van der Waals surface area contributed by atoms with Gasteiger partial charge in [-0.3, -0.25) is 14.4 Å². The fourth-order valence-corrected chi connectivity index (χ4v) is 5.00. The molecule has 1 aromatic carbocycles. The van der Waals surface area contributed by atoms with E-state index in [4.69, 9.17) is 16.3 Å². The first kappa shape index (κ1) is 23.3. The quantitative estimate of drug-likeness (QED) is 0.665. The Bertz CT molecular complexity index is 1180. The molecule has 2 aliphatic rings. The number of fused-ring (bicyclic) bond motifs is 2. The summed E-state index contributed by atoms with van der Waals surface area (Å²) >= 11 is 5.78. The number of likely N-dealkylation sites (N-methyl/N-ethyl adjacent to an activating group) is 1. The lowest BCUT2D eigenvalue weighted by Crippen LogP contribution is -2.60. The van der Waals surface area contributed by atoms with E-state index in [1.807, 2.05) is 6.92 Å². The van der Waals surface area contributed by atoms with Crippen LogP contribution in [0.4, 0.5) is 4.39 Å². The summed E-state index contributed by atoms with van der Waals surface area (Å²) in [6, 6.07) is 4.41. The van der Waals surface area contributed by atoms with Crippen molar-refractivity contribution in [1.82, 2.24) is 14.8 Å². The van der Waals surface area contributed by atoms with E-state index >= 15 is 0 Å². The minimum absolute atomic E-state index is 0.0793. The molecule has 176 valence electrons. The second-order valence-electron chi connectivity index (χ2n) is 8.65. The van der Waals surface area contributed by atoms with Crippen LogP contribution in [0.2, 0.25) is 5.02 Å². The number of nitrogens with one attached hydrogen (secondary N) is 1. The Morgan fingerprint density at radius 3 is 2.79 bits per heavy atom. The molecule has 8 nitrogen and oxygen atoms in total. The molecule has 0 atom stereocenters. The number of aromatic hydroxyl groups is 1. The summed E-state index contributed by atoms with van der Waals surface area (Å²) in [7, 11) is 1.62. The second kappa shape index (κ2) is 8.79. The van der Waals surface area contributed by atoms with Gasteiger partial charge in [0, 0.05) is 45.1 Å². The smallest absolute Gasteiger partial charge is 0.274 e. The Morgan fingerprint density at radius 2 is 2.09 bits per heavy atom. The maximum Gasteiger partial charge on any atom is 0.274 e. The van der Waals surface area contributed by atoms with Gasteiger partial charge in [-0.05, 0) is 31.7 Å². The molecule has 0 unspecified atom stereocenters. The van der Waals surface area contributed by atoms with Gasteiger partial charge in [-0.2, -0.15) is 0 Å². The van der Waals surface area contributed by atoms with Crippen molar-refractivity contribution in [3.8, 4) is 5.75 Å². The number of aromatic nitrogens is 1. The van der Waals surface area contributed by atoms with Crippen molar-refractivity contribution in [2.24, 2.45) is 5.92 Å². The predicted octanol–water partition coefficient (Wildman–Crippen LogP) is 2.50. The average molecular weight is 478 g/mol. The van der Waals surface area contributed by atoms with Crippen LogP contribution in [0.5, 0.6) is 5.75 Å². The van der Waals surface area contributed by atoms with Crippen molar-refractivity contribution in [2.45, 2.75) is 31.8 Å². The van der Waals surface area contributed by atoms with Gasteiger partial charge in [0.15, 0.2) is 11.4 Å². The van der Waals surface area contributed by atoms with Crippen LogP contribution in [-0.2, 0) is 16.8 Å². The van der Waals surface area contributed by atoms with Gasteiger partial charge in [-0.1, -0.05) is 23.7 Å². The van der Waals surface area contributed by atoms with Crippen LogP contribution in [0.15, 0.2) is 29.2 Å². The number of hydrogen-bond acceptors (Lipinski definition) is 5. The van der Waals surface area contributed by atoms with E-state index in [9.17, 15) is 23.9 Å². The number of carbonyl (C=O) groups is 2. The first-order chi connectivity index (χ1) is 15.7. The van der Waals surface area contributed by atoms with Crippen LogP contribution in [0, 0.1) is 11.7 Å². The molecule has 1 saturated carbocycles. The third kappa shape index (κ3) is 4.00. The molecule has 0 saturated heterocycles. The molecule has 2 N–H and O–H groups in total. The van der Waals surface area contributed by atoms with Gasteiger partial charge in [-0.15, -0.1) is 0 Å². The maximum atomic E-state index is 14.1. The van der Waals surface area contributed by atoms with Crippen LogP contribution in [0.3, 0.4) is 0 Å². The monoisotopic (exact) mass is 477 g/mol. The van der Waals surface area contributed by atoms with E-state index in [1.165, 1.54) is 23.2 Å². The van der Waals surface area contributed by atoms with Crippen molar-refractivity contribution in [3.05, 3.63) is 62.3 Å². The topological polar surface area (TPSA) is 101 Å². The summed E-state index contributed by atoms with van der Waals surface area (Å²) < 4.78 is 21.2. The maximum absolute atomic E-state index is 14.1. The molecule has 0 radical (unpaired) electrons. The summed E-state index contributed by atoms with van der Waals surface area (Å²) in [6.07, 6.45) is 2.69. The van der Waals surface area contributed by atoms with Gasteiger partial charge < -0.3 is 24.6 Å². The Morgan fingerprint density at radius 1 is 1.36 bits per heavy atom. The molecule has 1 fully saturated rings. The molecule has 33 heavy (non-hydrogen) atoms. The molecule has 2 aromatic rings. The standard InChI is InChI=1S/C23H25ClFN3O5/c1-3-33-11-13-7-23(8-13)12-27(2)22(32)18-20(30)19(29)15(10-28(18)23)21(31)26-9-14-5-4-6-16(24)17(14)25/h4-6,10,13,30H,3,7-9,11-12H2,1-2H3,(H,26,31)/t13-,23+. The molecule has 4 rings (SSSR count). The molecule has 1 aliphatic heterocycles. The van der Waals surface area contributed by atoms with Crippen LogP contribution < -0.4 is 10.7 Å². The molecule has 2 heterocycles. The van der Waals surface area contributed by atoms with Crippen LogP contribution in [0.25, 0.3) is 0 Å². The average Bonchev–Trinajstić information content (AvgIpc) is 2.76.